The van der Waals surface area contributed by atoms with Crippen LogP contribution in [0.2, 0.25) is 0 Å². The van der Waals surface area contributed by atoms with Crippen molar-refractivity contribution in [2.75, 3.05) is 18.1 Å². The average molecular weight is 295 g/mol. The molecule has 0 aliphatic carbocycles. The second-order valence-corrected chi connectivity index (χ2v) is 6.30. The van der Waals surface area contributed by atoms with E-state index < -0.39 is 0 Å². The zero-order valence-electron chi connectivity index (χ0n) is 12.5. The van der Waals surface area contributed by atoms with Crippen LogP contribution in [0, 0.1) is 5.41 Å². The zero-order valence-corrected chi connectivity index (χ0v) is 13.3. The summed E-state index contributed by atoms with van der Waals surface area (Å²) in [6, 6.07) is 8.32. The summed E-state index contributed by atoms with van der Waals surface area (Å²) in [6.45, 7) is 4.93. The van der Waals surface area contributed by atoms with Gasteiger partial charge in [-0.1, -0.05) is 37.6 Å². The van der Waals surface area contributed by atoms with E-state index in [0.29, 0.717) is 5.84 Å². The lowest BCUT2D eigenvalue weighted by molar-refractivity contribution is 0.304. The minimum Gasteiger partial charge on any atom is -0.409 e. The SMILES string of the molecule is CSc1ccccc1NCCCCC(C)(C)/C(N)=N/O. The lowest BCUT2D eigenvalue weighted by atomic mass is 9.86. The Morgan fingerprint density at radius 3 is 2.70 bits per heavy atom. The summed E-state index contributed by atoms with van der Waals surface area (Å²) in [6.07, 6.45) is 5.09. The van der Waals surface area contributed by atoms with E-state index in [-0.39, 0.29) is 5.41 Å². The standard InChI is InChI=1S/C15H25N3OS/c1-15(2,14(16)18-19)10-6-7-11-17-12-8-4-5-9-13(12)20-3/h4-5,8-9,17,19H,6-7,10-11H2,1-3H3,(H2,16,18). The van der Waals surface area contributed by atoms with Gasteiger partial charge < -0.3 is 16.3 Å². The van der Waals surface area contributed by atoms with E-state index in [4.69, 9.17) is 10.9 Å². The Labute approximate surface area is 125 Å². The number of hydrogen-bond donors (Lipinski definition) is 3. The van der Waals surface area contributed by atoms with Gasteiger partial charge in [0.1, 0.15) is 5.84 Å². The number of nitrogens with two attached hydrogens (primary N) is 1. The molecule has 20 heavy (non-hydrogen) atoms. The molecule has 0 atom stereocenters. The number of para-hydroxylation sites is 1. The summed E-state index contributed by atoms with van der Waals surface area (Å²) in [4.78, 5) is 1.27. The number of rotatable bonds is 8. The highest BCUT2D eigenvalue weighted by Crippen LogP contribution is 2.25. The van der Waals surface area contributed by atoms with E-state index in [1.165, 1.54) is 10.6 Å². The van der Waals surface area contributed by atoms with Crippen LogP contribution in [0.25, 0.3) is 0 Å². The molecule has 0 amide bonds. The van der Waals surface area contributed by atoms with Crippen LogP contribution in [0.3, 0.4) is 0 Å². The molecule has 0 fully saturated rings. The van der Waals surface area contributed by atoms with E-state index in [0.717, 1.165) is 25.8 Å². The van der Waals surface area contributed by atoms with Gasteiger partial charge in [0.15, 0.2) is 0 Å². The molecule has 0 aromatic heterocycles. The summed E-state index contributed by atoms with van der Waals surface area (Å²) in [5.41, 5.74) is 6.62. The highest BCUT2D eigenvalue weighted by molar-refractivity contribution is 7.98. The molecule has 0 aliphatic heterocycles. The predicted octanol–water partition coefficient (Wildman–Crippen LogP) is 3.76. The third-order valence-corrected chi connectivity index (χ3v) is 4.25. The van der Waals surface area contributed by atoms with Crippen molar-refractivity contribution in [2.45, 2.75) is 38.0 Å². The fourth-order valence-corrected chi connectivity index (χ4v) is 2.54. The van der Waals surface area contributed by atoms with Crippen molar-refractivity contribution in [3.8, 4) is 0 Å². The Kier molecular flexibility index (Phi) is 6.71. The molecule has 0 spiro atoms. The minimum atomic E-state index is -0.244. The first-order chi connectivity index (χ1) is 9.51. The van der Waals surface area contributed by atoms with Gasteiger partial charge in [0.2, 0.25) is 0 Å². The normalized spacial score (nSPS) is 12.4. The van der Waals surface area contributed by atoms with E-state index in [9.17, 15) is 0 Å². The van der Waals surface area contributed by atoms with Crippen molar-refractivity contribution in [2.24, 2.45) is 16.3 Å². The van der Waals surface area contributed by atoms with Crippen LogP contribution >= 0.6 is 11.8 Å². The first-order valence-corrected chi connectivity index (χ1v) is 8.08. The molecule has 0 unspecified atom stereocenters. The number of unbranched alkanes of at least 4 members (excludes halogenated alkanes) is 1. The predicted molar refractivity (Wildman–Crippen MR) is 87.8 cm³/mol. The number of anilines is 1. The molecular formula is C15H25N3OS. The average Bonchev–Trinajstić information content (AvgIpc) is 2.46. The topological polar surface area (TPSA) is 70.6 Å². The molecule has 1 rings (SSSR count). The number of amidine groups is 1. The quantitative estimate of drug-likeness (QED) is 0.170. The van der Waals surface area contributed by atoms with Crippen molar-refractivity contribution in [1.29, 1.82) is 0 Å². The van der Waals surface area contributed by atoms with Gasteiger partial charge in [-0.25, -0.2) is 0 Å². The lowest BCUT2D eigenvalue weighted by Gasteiger charge is -2.22. The molecule has 4 N–H and O–H groups in total. The summed E-state index contributed by atoms with van der Waals surface area (Å²) in [5, 5.41) is 15.3. The number of benzene rings is 1. The van der Waals surface area contributed by atoms with Crippen molar-refractivity contribution < 1.29 is 5.21 Å². The van der Waals surface area contributed by atoms with Gasteiger partial charge in [0.05, 0.1) is 0 Å². The highest BCUT2D eigenvalue weighted by Gasteiger charge is 2.22. The van der Waals surface area contributed by atoms with Crippen LogP contribution in [0.1, 0.15) is 33.1 Å². The van der Waals surface area contributed by atoms with Gasteiger partial charge in [-0.05, 0) is 31.2 Å². The monoisotopic (exact) mass is 295 g/mol. The van der Waals surface area contributed by atoms with Crippen molar-refractivity contribution in [3.05, 3.63) is 24.3 Å². The Balaban J connectivity index is 2.32. The minimum absolute atomic E-state index is 0.244. The van der Waals surface area contributed by atoms with Gasteiger partial charge in [-0.3, -0.25) is 0 Å². The molecule has 4 nitrogen and oxygen atoms in total. The Morgan fingerprint density at radius 1 is 1.35 bits per heavy atom. The van der Waals surface area contributed by atoms with E-state index >= 15 is 0 Å². The number of thioether (sulfide) groups is 1. The van der Waals surface area contributed by atoms with Crippen LogP contribution < -0.4 is 11.1 Å². The van der Waals surface area contributed by atoms with Gasteiger partial charge in [0, 0.05) is 22.5 Å². The maximum absolute atomic E-state index is 8.73. The van der Waals surface area contributed by atoms with Crippen LogP contribution in [0.15, 0.2) is 34.3 Å². The van der Waals surface area contributed by atoms with Crippen molar-refractivity contribution in [3.63, 3.8) is 0 Å². The second kappa shape index (κ2) is 8.04. The zero-order chi connectivity index (χ0) is 15.0. The molecule has 0 saturated carbocycles. The highest BCUT2D eigenvalue weighted by atomic mass is 32.2. The molecule has 0 saturated heterocycles. The number of hydrogen-bond acceptors (Lipinski definition) is 4. The second-order valence-electron chi connectivity index (χ2n) is 5.45. The number of oxime groups is 1. The largest absolute Gasteiger partial charge is 0.409 e. The van der Waals surface area contributed by atoms with Crippen LogP contribution in [-0.2, 0) is 0 Å². The van der Waals surface area contributed by atoms with E-state index in [1.54, 1.807) is 11.8 Å². The third-order valence-electron chi connectivity index (χ3n) is 3.45. The first kappa shape index (κ1) is 16.7. The third kappa shape index (κ3) is 4.96. The molecule has 1 aromatic rings. The molecule has 0 bridgehead atoms. The van der Waals surface area contributed by atoms with E-state index in [2.05, 4.69) is 34.9 Å². The fourth-order valence-electron chi connectivity index (χ4n) is 1.97. The van der Waals surface area contributed by atoms with Gasteiger partial charge in [0.25, 0.3) is 0 Å². The maximum Gasteiger partial charge on any atom is 0.144 e. The molecule has 0 radical (unpaired) electrons. The first-order valence-electron chi connectivity index (χ1n) is 6.86. The number of nitrogens with zero attached hydrogens (tertiary/aromatic N) is 1. The smallest absolute Gasteiger partial charge is 0.144 e. The van der Waals surface area contributed by atoms with Crippen LogP contribution in [-0.4, -0.2) is 23.8 Å². The van der Waals surface area contributed by atoms with Crippen LogP contribution in [0.4, 0.5) is 5.69 Å². The molecule has 1 aromatic carbocycles. The summed E-state index contributed by atoms with van der Waals surface area (Å²) in [5.74, 6) is 0.304. The van der Waals surface area contributed by atoms with Crippen molar-refractivity contribution in [1.82, 2.24) is 0 Å². The Morgan fingerprint density at radius 2 is 2.05 bits per heavy atom. The fraction of sp³-hybridized carbons (Fsp3) is 0.533. The Hall–Kier alpha value is -1.36. The Bertz CT molecular complexity index is 446. The number of nitrogens with one attached hydrogen (secondary N) is 1. The van der Waals surface area contributed by atoms with Gasteiger partial charge in [-0.15, -0.1) is 11.8 Å². The molecule has 0 heterocycles. The summed E-state index contributed by atoms with van der Waals surface area (Å²) in [7, 11) is 0. The molecular weight excluding hydrogens is 270 g/mol. The lowest BCUT2D eigenvalue weighted by Crippen LogP contribution is -2.31. The van der Waals surface area contributed by atoms with Gasteiger partial charge in [-0.2, -0.15) is 0 Å². The molecule has 5 heteroatoms. The maximum atomic E-state index is 8.73. The van der Waals surface area contributed by atoms with E-state index in [1.807, 2.05) is 19.9 Å². The summed E-state index contributed by atoms with van der Waals surface area (Å²) < 4.78 is 0. The summed E-state index contributed by atoms with van der Waals surface area (Å²) >= 11 is 1.75. The molecule has 0 aliphatic rings. The van der Waals surface area contributed by atoms with Crippen molar-refractivity contribution >= 4 is 23.3 Å². The van der Waals surface area contributed by atoms with Gasteiger partial charge >= 0.3 is 0 Å². The molecule has 112 valence electrons. The van der Waals surface area contributed by atoms with Crippen LogP contribution in [0.5, 0.6) is 0 Å².